The molecule has 106 valence electrons. The van der Waals surface area contributed by atoms with E-state index in [4.69, 9.17) is 5.73 Å². The number of hydrogen-bond acceptors (Lipinski definition) is 4. The minimum Gasteiger partial charge on any atom is -0.384 e. The molecule has 6 heteroatoms. The molecule has 0 bridgehead atoms. The Hall–Kier alpha value is -1.95. The highest BCUT2D eigenvalue weighted by Gasteiger charge is 2.07. The zero-order valence-electron chi connectivity index (χ0n) is 11.6. The van der Waals surface area contributed by atoms with Crippen LogP contribution in [0.15, 0.2) is 35.2 Å². The molecule has 0 saturated carbocycles. The second-order valence-corrected chi connectivity index (χ2v) is 5.38. The summed E-state index contributed by atoms with van der Waals surface area (Å²) in [5.41, 5.74) is 7.64. The van der Waals surface area contributed by atoms with Crippen molar-refractivity contribution in [2.24, 2.45) is 0 Å². The van der Waals surface area contributed by atoms with Gasteiger partial charge < -0.3 is 11.1 Å². The Labute approximate surface area is 122 Å². The summed E-state index contributed by atoms with van der Waals surface area (Å²) in [6.07, 6.45) is 2.03. The van der Waals surface area contributed by atoms with Gasteiger partial charge in [-0.3, -0.25) is 4.79 Å². The van der Waals surface area contributed by atoms with Crippen LogP contribution in [0.2, 0.25) is 0 Å². The number of hydrogen-bond donors (Lipinski definition) is 2. The first-order valence-corrected chi connectivity index (χ1v) is 7.50. The number of nitrogens with zero attached hydrogens (tertiary/aromatic N) is 2. The summed E-state index contributed by atoms with van der Waals surface area (Å²) < 4.78 is 1.50. The highest BCUT2D eigenvalue weighted by Crippen LogP contribution is 2.15. The zero-order valence-corrected chi connectivity index (χ0v) is 12.4. The SMILES string of the molecule is CSc1cccc(CNC(=O)Cn2nc(C)cc2N)c1. The molecule has 1 aromatic carbocycles. The number of amides is 1. The molecule has 0 aliphatic rings. The Morgan fingerprint density at radius 2 is 2.25 bits per heavy atom. The average Bonchev–Trinajstić information content (AvgIpc) is 2.75. The van der Waals surface area contributed by atoms with Crippen molar-refractivity contribution in [3.05, 3.63) is 41.6 Å². The van der Waals surface area contributed by atoms with E-state index in [1.807, 2.05) is 31.4 Å². The third-order valence-corrected chi connectivity index (χ3v) is 3.58. The summed E-state index contributed by atoms with van der Waals surface area (Å²) in [7, 11) is 0. The summed E-state index contributed by atoms with van der Waals surface area (Å²) >= 11 is 1.68. The maximum absolute atomic E-state index is 11.9. The summed E-state index contributed by atoms with van der Waals surface area (Å²) in [4.78, 5) is 13.1. The third-order valence-electron chi connectivity index (χ3n) is 2.85. The van der Waals surface area contributed by atoms with E-state index in [1.54, 1.807) is 17.8 Å². The zero-order chi connectivity index (χ0) is 14.5. The number of aromatic nitrogens is 2. The number of carbonyl (C=O) groups is 1. The van der Waals surface area contributed by atoms with Crippen LogP contribution in [0.25, 0.3) is 0 Å². The summed E-state index contributed by atoms with van der Waals surface area (Å²) in [5.74, 6) is 0.399. The molecule has 0 atom stereocenters. The Kier molecular flexibility index (Phi) is 4.68. The minimum atomic E-state index is -0.102. The van der Waals surface area contributed by atoms with Gasteiger partial charge in [0, 0.05) is 17.5 Å². The van der Waals surface area contributed by atoms with Crippen molar-refractivity contribution < 1.29 is 4.79 Å². The molecular weight excluding hydrogens is 272 g/mol. The summed E-state index contributed by atoms with van der Waals surface area (Å²) in [6, 6.07) is 9.84. The van der Waals surface area contributed by atoms with Crippen molar-refractivity contribution in [2.75, 3.05) is 12.0 Å². The predicted molar refractivity (Wildman–Crippen MR) is 81.4 cm³/mol. The van der Waals surface area contributed by atoms with Crippen LogP contribution in [0, 0.1) is 6.92 Å². The second kappa shape index (κ2) is 6.47. The van der Waals surface area contributed by atoms with Gasteiger partial charge in [0.1, 0.15) is 12.4 Å². The molecule has 20 heavy (non-hydrogen) atoms. The van der Waals surface area contributed by atoms with E-state index >= 15 is 0 Å². The lowest BCUT2D eigenvalue weighted by Crippen LogP contribution is -2.28. The van der Waals surface area contributed by atoms with Gasteiger partial charge >= 0.3 is 0 Å². The van der Waals surface area contributed by atoms with E-state index in [9.17, 15) is 4.79 Å². The fourth-order valence-corrected chi connectivity index (χ4v) is 2.35. The van der Waals surface area contributed by atoms with Crippen molar-refractivity contribution in [1.82, 2.24) is 15.1 Å². The monoisotopic (exact) mass is 290 g/mol. The fraction of sp³-hybridized carbons (Fsp3) is 0.286. The number of benzene rings is 1. The molecule has 1 aromatic heterocycles. The van der Waals surface area contributed by atoms with Gasteiger partial charge in [-0.05, 0) is 30.9 Å². The van der Waals surface area contributed by atoms with Crippen LogP contribution in [0.4, 0.5) is 5.82 Å². The number of aryl methyl sites for hydroxylation is 1. The lowest BCUT2D eigenvalue weighted by molar-refractivity contribution is -0.122. The van der Waals surface area contributed by atoms with Crippen molar-refractivity contribution in [3.8, 4) is 0 Å². The summed E-state index contributed by atoms with van der Waals surface area (Å²) in [5, 5.41) is 7.03. The molecule has 0 saturated heterocycles. The van der Waals surface area contributed by atoms with Gasteiger partial charge in [-0.15, -0.1) is 11.8 Å². The molecule has 0 unspecified atom stereocenters. The highest BCUT2D eigenvalue weighted by molar-refractivity contribution is 7.98. The topological polar surface area (TPSA) is 72.9 Å². The molecule has 2 aromatic rings. The first-order chi connectivity index (χ1) is 9.58. The van der Waals surface area contributed by atoms with Crippen molar-refractivity contribution in [1.29, 1.82) is 0 Å². The molecule has 5 nitrogen and oxygen atoms in total. The normalized spacial score (nSPS) is 10.5. The van der Waals surface area contributed by atoms with Gasteiger partial charge in [-0.2, -0.15) is 5.10 Å². The van der Waals surface area contributed by atoms with Crippen LogP contribution in [0.3, 0.4) is 0 Å². The predicted octanol–water partition coefficient (Wildman–Crippen LogP) is 1.81. The molecule has 1 amide bonds. The quantitative estimate of drug-likeness (QED) is 0.824. The van der Waals surface area contributed by atoms with E-state index < -0.39 is 0 Å². The lowest BCUT2D eigenvalue weighted by Gasteiger charge is -2.07. The van der Waals surface area contributed by atoms with Gasteiger partial charge in [-0.1, -0.05) is 12.1 Å². The minimum absolute atomic E-state index is 0.102. The Bertz CT molecular complexity index is 609. The molecule has 1 heterocycles. The van der Waals surface area contributed by atoms with Crippen molar-refractivity contribution >= 4 is 23.5 Å². The van der Waals surface area contributed by atoms with E-state index in [0.29, 0.717) is 12.4 Å². The van der Waals surface area contributed by atoms with Crippen LogP contribution >= 0.6 is 11.8 Å². The Balaban J connectivity index is 1.90. The van der Waals surface area contributed by atoms with Crippen molar-refractivity contribution in [2.45, 2.75) is 24.9 Å². The second-order valence-electron chi connectivity index (χ2n) is 4.50. The van der Waals surface area contributed by atoms with E-state index in [2.05, 4.69) is 16.5 Å². The number of carbonyl (C=O) groups excluding carboxylic acids is 1. The van der Waals surface area contributed by atoms with Gasteiger partial charge in [0.2, 0.25) is 5.91 Å². The van der Waals surface area contributed by atoms with Gasteiger partial charge in [-0.25, -0.2) is 4.68 Å². The van der Waals surface area contributed by atoms with E-state index in [-0.39, 0.29) is 12.5 Å². The number of thioether (sulfide) groups is 1. The largest absolute Gasteiger partial charge is 0.384 e. The maximum Gasteiger partial charge on any atom is 0.242 e. The van der Waals surface area contributed by atoms with E-state index in [1.165, 1.54) is 9.58 Å². The van der Waals surface area contributed by atoms with Crippen LogP contribution in [-0.4, -0.2) is 21.9 Å². The third kappa shape index (κ3) is 3.77. The molecule has 0 radical (unpaired) electrons. The molecule has 0 fully saturated rings. The maximum atomic E-state index is 11.9. The molecule has 0 aliphatic heterocycles. The number of nitrogens with two attached hydrogens (primary N) is 1. The highest BCUT2D eigenvalue weighted by atomic mass is 32.2. The molecular formula is C14H18N4OS. The molecule has 2 rings (SSSR count). The standard InChI is InChI=1S/C14H18N4OS/c1-10-6-13(15)18(17-10)9-14(19)16-8-11-4-3-5-12(7-11)20-2/h3-7H,8-9,15H2,1-2H3,(H,16,19). The van der Waals surface area contributed by atoms with Crippen LogP contribution < -0.4 is 11.1 Å². The number of nitrogen functional groups attached to an aromatic ring is 1. The lowest BCUT2D eigenvalue weighted by atomic mass is 10.2. The van der Waals surface area contributed by atoms with Crippen molar-refractivity contribution in [3.63, 3.8) is 0 Å². The van der Waals surface area contributed by atoms with E-state index in [0.717, 1.165) is 11.3 Å². The molecule has 0 aliphatic carbocycles. The molecule has 3 N–H and O–H groups in total. The first kappa shape index (κ1) is 14.5. The Morgan fingerprint density at radius 3 is 2.90 bits per heavy atom. The van der Waals surface area contributed by atoms with Crippen LogP contribution in [-0.2, 0) is 17.9 Å². The fourth-order valence-electron chi connectivity index (χ4n) is 1.87. The van der Waals surface area contributed by atoms with Gasteiger partial charge in [0.05, 0.1) is 5.69 Å². The number of rotatable bonds is 5. The molecule has 0 spiro atoms. The number of anilines is 1. The summed E-state index contributed by atoms with van der Waals surface area (Å²) in [6.45, 7) is 2.49. The van der Waals surface area contributed by atoms with Gasteiger partial charge in [0.15, 0.2) is 0 Å². The smallest absolute Gasteiger partial charge is 0.242 e. The number of nitrogens with one attached hydrogen (secondary N) is 1. The first-order valence-electron chi connectivity index (χ1n) is 6.28. The Morgan fingerprint density at radius 1 is 1.45 bits per heavy atom. The van der Waals surface area contributed by atoms with Crippen LogP contribution in [0.1, 0.15) is 11.3 Å². The van der Waals surface area contributed by atoms with Gasteiger partial charge in [0.25, 0.3) is 0 Å². The average molecular weight is 290 g/mol. The van der Waals surface area contributed by atoms with Crippen LogP contribution in [0.5, 0.6) is 0 Å².